The molecule has 31 heavy (non-hydrogen) atoms. The fraction of sp³-hybridized carbons (Fsp3) is 0.429. The lowest BCUT2D eigenvalue weighted by atomic mass is 10.0. The standard InChI is InChI=1S/C21H23N5O3S2/c1-13-3-2-6-26(9-13)21-25-19-18(31-21)20(24-11-23-19)30-10-17(27)22-8-14-4-5-15-16(7-14)29-12-28-15/h4-5,7,11,13H,2-3,6,8-10,12H2,1H3,(H,22,27)/t13-/m1/s1. The Hall–Kier alpha value is -2.59. The number of carbonyl (C=O) groups is 1. The van der Waals surface area contributed by atoms with Crippen LogP contribution in [0.2, 0.25) is 0 Å². The summed E-state index contributed by atoms with van der Waals surface area (Å²) >= 11 is 3.04. The van der Waals surface area contributed by atoms with Gasteiger partial charge in [0.25, 0.3) is 0 Å². The van der Waals surface area contributed by atoms with Crippen LogP contribution in [0, 0.1) is 5.92 Å². The van der Waals surface area contributed by atoms with Crippen LogP contribution in [-0.4, -0.2) is 46.5 Å². The maximum Gasteiger partial charge on any atom is 0.231 e. The zero-order valence-corrected chi connectivity index (χ0v) is 18.8. The topological polar surface area (TPSA) is 89.5 Å². The van der Waals surface area contributed by atoms with Crippen molar-refractivity contribution in [1.29, 1.82) is 0 Å². The van der Waals surface area contributed by atoms with E-state index >= 15 is 0 Å². The average Bonchev–Trinajstić information content (AvgIpc) is 3.43. The van der Waals surface area contributed by atoms with Gasteiger partial charge in [0, 0.05) is 19.6 Å². The molecule has 0 unspecified atom stereocenters. The maximum absolute atomic E-state index is 12.4. The van der Waals surface area contributed by atoms with Crippen molar-refractivity contribution in [2.24, 2.45) is 5.92 Å². The minimum Gasteiger partial charge on any atom is -0.454 e. The monoisotopic (exact) mass is 457 g/mol. The van der Waals surface area contributed by atoms with Crippen molar-refractivity contribution in [3.05, 3.63) is 30.1 Å². The summed E-state index contributed by atoms with van der Waals surface area (Å²) in [5, 5.41) is 4.75. The second kappa shape index (κ2) is 8.88. The lowest BCUT2D eigenvalue weighted by Gasteiger charge is -2.30. The number of hydrogen-bond acceptors (Lipinski definition) is 9. The maximum atomic E-state index is 12.4. The molecule has 1 aromatic carbocycles. The third-order valence-electron chi connectivity index (χ3n) is 5.34. The van der Waals surface area contributed by atoms with E-state index < -0.39 is 0 Å². The first-order valence-corrected chi connectivity index (χ1v) is 12.1. The fourth-order valence-corrected chi connectivity index (χ4v) is 5.72. The number of piperidine rings is 1. The molecule has 8 nitrogen and oxygen atoms in total. The number of ether oxygens (including phenoxy) is 2. The molecule has 1 fully saturated rings. The molecule has 5 rings (SSSR count). The number of amides is 1. The summed E-state index contributed by atoms with van der Waals surface area (Å²) in [6, 6.07) is 5.68. The van der Waals surface area contributed by atoms with E-state index in [1.807, 2.05) is 18.2 Å². The van der Waals surface area contributed by atoms with Crippen LogP contribution in [0.4, 0.5) is 5.13 Å². The van der Waals surface area contributed by atoms with Crippen LogP contribution >= 0.6 is 23.1 Å². The van der Waals surface area contributed by atoms with Gasteiger partial charge < -0.3 is 19.7 Å². The predicted molar refractivity (Wildman–Crippen MR) is 121 cm³/mol. The predicted octanol–water partition coefficient (Wildman–Crippen LogP) is 3.46. The molecule has 3 aromatic rings. The molecular weight excluding hydrogens is 434 g/mol. The molecule has 0 saturated carbocycles. The van der Waals surface area contributed by atoms with Crippen LogP contribution in [0.25, 0.3) is 10.3 Å². The van der Waals surface area contributed by atoms with Gasteiger partial charge in [-0.3, -0.25) is 4.79 Å². The zero-order chi connectivity index (χ0) is 21.2. The van der Waals surface area contributed by atoms with Gasteiger partial charge in [0.1, 0.15) is 16.1 Å². The molecule has 4 heterocycles. The van der Waals surface area contributed by atoms with Gasteiger partial charge in [-0.2, -0.15) is 4.98 Å². The molecule has 0 aliphatic carbocycles. The summed E-state index contributed by atoms with van der Waals surface area (Å²) in [5.74, 6) is 2.36. The van der Waals surface area contributed by atoms with E-state index in [9.17, 15) is 4.79 Å². The number of nitrogens with one attached hydrogen (secondary N) is 1. The number of benzene rings is 1. The third kappa shape index (κ3) is 4.54. The molecule has 162 valence electrons. The minimum absolute atomic E-state index is 0.0518. The van der Waals surface area contributed by atoms with Gasteiger partial charge in [-0.15, -0.1) is 0 Å². The third-order valence-corrected chi connectivity index (χ3v) is 7.57. The summed E-state index contributed by atoms with van der Waals surface area (Å²) < 4.78 is 11.6. The van der Waals surface area contributed by atoms with Crippen molar-refractivity contribution in [3.8, 4) is 11.5 Å². The Kier molecular flexibility index (Phi) is 5.82. The number of thioether (sulfide) groups is 1. The Morgan fingerprint density at radius 1 is 1.32 bits per heavy atom. The van der Waals surface area contributed by atoms with Crippen molar-refractivity contribution < 1.29 is 14.3 Å². The molecule has 1 amide bonds. The summed E-state index contributed by atoms with van der Waals surface area (Å²) in [7, 11) is 0. The Balaban J connectivity index is 1.20. The summed E-state index contributed by atoms with van der Waals surface area (Å²) in [6.07, 6.45) is 3.98. The van der Waals surface area contributed by atoms with E-state index in [0.717, 1.165) is 39.3 Å². The van der Waals surface area contributed by atoms with Crippen LogP contribution in [0.15, 0.2) is 29.6 Å². The molecular formula is C21H23N5O3S2. The van der Waals surface area contributed by atoms with Crippen LogP contribution in [0.5, 0.6) is 11.5 Å². The van der Waals surface area contributed by atoms with E-state index in [2.05, 4.69) is 27.1 Å². The van der Waals surface area contributed by atoms with Crippen molar-refractivity contribution in [2.45, 2.75) is 31.3 Å². The molecule has 1 atom stereocenters. The number of carbonyl (C=O) groups excluding carboxylic acids is 1. The van der Waals surface area contributed by atoms with Crippen molar-refractivity contribution >= 4 is 44.5 Å². The first kappa shape index (κ1) is 20.3. The number of nitrogens with zero attached hydrogens (tertiary/aromatic N) is 4. The number of anilines is 1. The Bertz CT molecular complexity index is 1110. The lowest BCUT2D eigenvalue weighted by molar-refractivity contribution is -0.118. The SMILES string of the molecule is C[C@@H]1CCCN(c2nc3ncnc(SCC(=O)NCc4ccc5c(c4)OCO5)c3s2)C1. The summed E-state index contributed by atoms with van der Waals surface area (Å²) in [4.78, 5) is 28.2. The van der Waals surface area contributed by atoms with E-state index in [-0.39, 0.29) is 18.5 Å². The van der Waals surface area contributed by atoms with E-state index in [1.54, 1.807) is 11.3 Å². The number of hydrogen-bond donors (Lipinski definition) is 1. The van der Waals surface area contributed by atoms with Gasteiger partial charge >= 0.3 is 0 Å². The largest absolute Gasteiger partial charge is 0.454 e. The second-order valence-corrected chi connectivity index (χ2v) is 9.72. The number of fused-ring (bicyclic) bond motifs is 2. The Morgan fingerprint density at radius 2 is 2.23 bits per heavy atom. The highest BCUT2D eigenvalue weighted by Crippen LogP contribution is 2.35. The molecule has 10 heteroatoms. The van der Waals surface area contributed by atoms with E-state index in [4.69, 9.17) is 14.5 Å². The molecule has 2 aliphatic heterocycles. The molecule has 1 N–H and O–H groups in total. The normalized spacial score (nSPS) is 17.8. The van der Waals surface area contributed by atoms with Crippen LogP contribution < -0.4 is 19.7 Å². The van der Waals surface area contributed by atoms with Gasteiger partial charge in [-0.25, -0.2) is 9.97 Å². The van der Waals surface area contributed by atoms with E-state index in [0.29, 0.717) is 23.9 Å². The van der Waals surface area contributed by atoms with Gasteiger partial charge in [-0.05, 0) is 36.5 Å². The zero-order valence-electron chi connectivity index (χ0n) is 17.2. The molecule has 0 radical (unpaired) electrons. The lowest BCUT2D eigenvalue weighted by Crippen LogP contribution is -2.34. The summed E-state index contributed by atoms with van der Waals surface area (Å²) in [6.45, 7) is 5.02. The van der Waals surface area contributed by atoms with Crippen molar-refractivity contribution in [3.63, 3.8) is 0 Å². The highest BCUT2D eigenvalue weighted by Gasteiger charge is 2.21. The van der Waals surface area contributed by atoms with Gasteiger partial charge in [0.15, 0.2) is 22.3 Å². The van der Waals surface area contributed by atoms with Crippen LogP contribution in [0.1, 0.15) is 25.3 Å². The summed E-state index contributed by atoms with van der Waals surface area (Å²) in [5.41, 5.74) is 1.67. The molecule has 2 aliphatic rings. The van der Waals surface area contributed by atoms with Gasteiger partial charge in [0.05, 0.1) is 5.75 Å². The number of aromatic nitrogens is 3. The number of thiazole rings is 1. The van der Waals surface area contributed by atoms with Gasteiger partial charge in [-0.1, -0.05) is 36.1 Å². The Morgan fingerprint density at radius 3 is 3.13 bits per heavy atom. The highest BCUT2D eigenvalue weighted by molar-refractivity contribution is 8.00. The van der Waals surface area contributed by atoms with Crippen molar-refractivity contribution in [1.82, 2.24) is 20.3 Å². The first-order valence-electron chi connectivity index (χ1n) is 10.3. The molecule has 2 aromatic heterocycles. The minimum atomic E-state index is -0.0518. The average molecular weight is 458 g/mol. The Labute approximate surface area is 188 Å². The van der Waals surface area contributed by atoms with Gasteiger partial charge in [0.2, 0.25) is 12.7 Å². The second-order valence-electron chi connectivity index (χ2n) is 7.77. The molecule has 0 spiro atoms. The van der Waals surface area contributed by atoms with E-state index in [1.165, 1.54) is 30.9 Å². The molecule has 1 saturated heterocycles. The van der Waals surface area contributed by atoms with Crippen molar-refractivity contribution in [2.75, 3.05) is 30.5 Å². The highest BCUT2D eigenvalue weighted by atomic mass is 32.2. The fourth-order valence-electron chi connectivity index (χ4n) is 3.76. The van der Waals surface area contributed by atoms with Crippen LogP contribution in [-0.2, 0) is 11.3 Å². The first-order chi connectivity index (χ1) is 15.2. The van der Waals surface area contributed by atoms with Crippen LogP contribution in [0.3, 0.4) is 0 Å². The smallest absolute Gasteiger partial charge is 0.231 e. The number of rotatable bonds is 6. The quantitative estimate of drug-likeness (QED) is 0.445. The molecule has 0 bridgehead atoms.